The largest absolute Gasteiger partial charge is 0.457 e. The van der Waals surface area contributed by atoms with Crippen molar-refractivity contribution in [3.05, 3.63) is 71.9 Å². The number of pyridine rings is 2. The van der Waals surface area contributed by atoms with Crippen molar-refractivity contribution >= 4 is 22.5 Å². The molecular weight excluding hydrogens is 402 g/mol. The van der Waals surface area contributed by atoms with Crippen LogP contribution in [0.4, 0.5) is 29.1 Å². The number of benzene rings is 1. The minimum Gasteiger partial charge on any atom is -0.457 e. The number of aromatic nitrogens is 3. The molecular formula is C20H11F4N5O. The summed E-state index contributed by atoms with van der Waals surface area (Å²) in [6.07, 6.45) is -1.86. The Labute approximate surface area is 166 Å². The van der Waals surface area contributed by atoms with Crippen LogP contribution in [0.3, 0.4) is 0 Å². The van der Waals surface area contributed by atoms with Gasteiger partial charge < -0.3 is 15.0 Å². The number of hydrogen-bond acceptors (Lipinski definition) is 5. The van der Waals surface area contributed by atoms with Gasteiger partial charge in [0.15, 0.2) is 5.82 Å². The number of nitrogens with one attached hydrogen (secondary N) is 2. The molecule has 0 saturated carbocycles. The molecule has 0 radical (unpaired) electrons. The predicted octanol–water partition coefficient (Wildman–Crippen LogP) is 5.52. The molecule has 0 saturated heterocycles. The van der Waals surface area contributed by atoms with Gasteiger partial charge in [0.2, 0.25) is 0 Å². The number of fused-ring (bicyclic) bond motifs is 1. The summed E-state index contributed by atoms with van der Waals surface area (Å²) in [4.78, 5) is 10.9. The lowest BCUT2D eigenvalue weighted by Gasteiger charge is -2.11. The van der Waals surface area contributed by atoms with E-state index in [-0.39, 0.29) is 28.5 Å². The zero-order valence-corrected chi connectivity index (χ0v) is 15.0. The number of anilines is 2. The molecule has 0 atom stereocenters. The maximum Gasteiger partial charge on any atom is 0.416 e. The summed E-state index contributed by atoms with van der Waals surface area (Å²) in [6, 6.07) is 10.5. The summed E-state index contributed by atoms with van der Waals surface area (Å²) in [5, 5.41) is 12.1. The Morgan fingerprint density at radius 3 is 2.53 bits per heavy atom. The molecule has 0 aliphatic carbocycles. The molecule has 0 bridgehead atoms. The van der Waals surface area contributed by atoms with Crippen LogP contribution < -0.4 is 10.1 Å². The van der Waals surface area contributed by atoms with Gasteiger partial charge in [-0.1, -0.05) is 0 Å². The number of ether oxygens (including phenoxy) is 1. The minimum atomic E-state index is -4.45. The SMILES string of the molecule is N#Cc1cc(Oc2ccc(C(F)(F)F)cc2)cc(Nc2cnc3c(F)c[nH]c3c2)n1. The Balaban J connectivity index is 1.59. The van der Waals surface area contributed by atoms with Crippen LogP contribution in [0.25, 0.3) is 11.0 Å². The standard InChI is InChI=1S/C20H11F4N5O/c21-16-10-26-17-6-13(9-27-19(16)17)29-18-7-15(5-12(8-25)28-18)30-14-3-1-11(2-4-14)20(22,23)24/h1-7,9-10,26H,(H,28,29). The molecule has 2 N–H and O–H groups in total. The molecule has 6 nitrogen and oxygen atoms in total. The third-order valence-corrected chi connectivity index (χ3v) is 4.07. The van der Waals surface area contributed by atoms with Crippen LogP contribution >= 0.6 is 0 Å². The van der Waals surface area contributed by atoms with Gasteiger partial charge in [0, 0.05) is 18.3 Å². The second-order valence-electron chi connectivity index (χ2n) is 6.19. The lowest BCUT2D eigenvalue weighted by atomic mass is 10.2. The molecule has 0 aliphatic rings. The normalized spacial score (nSPS) is 11.3. The highest BCUT2D eigenvalue weighted by molar-refractivity contribution is 5.79. The van der Waals surface area contributed by atoms with Crippen LogP contribution in [0.5, 0.6) is 11.5 Å². The van der Waals surface area contributed by atoms with Crippen molar-refractivity contribution in [2.24, 2.45) is 0 Å². The second-order valence-corrected chi connectivity index (χ2v) is 6.19. The maximum absolute atomic E-state index is 13.5. The summed E-state index contributed by atoms with van der Waals surface area (Å²) in [6.45, 7) is 0. The first-order chi connectivity index (χ1) is 14.3. The average molecular weight is 413 g/mol. The van der Waals surface area contributed by atoms with Crippen molar-refractivity contribution in [1.82, 2.24) is 15.0 Å². The smallest absolute Gasteiger partial charge is 0.416 e. The monoisotopic (exact) mass is 413 g/mol. The number of aromatic amines is 1. The molecule has 0 aliphatic heterocycles. The quantitative estimate of drug-likeness (QED) is 0.430. The van der Waals surface area contributed by atoms with E-state index in [1.165, 1.54) is 36.7 Å². The first-order valence-electron chi connectivity index (χ1n) is 8.49. The van der Waals surface area contributed by atoms with Gasteiger partial charge in [-0.05, 0) is 30.3 Å². The van der Waals surface area contributed by atoms with Gasteiger partial charge in [-0.3, -0.25) is 0 Å². The van der Waals surface area contributed by atoms with Crippen molar-refractivity contribution in [3.63, 3.8) is 0 Å². The zero-order chi connectivity index (χ0) is 21.3. The Bertz CT molecular complexity index is 1260. The van der Waals surface area contributed by atoms with Crippen LogP contribution in [0, 0.1) is 17.1 Å². The number of alkyl halides is 3. The fraction of sp³-hybridized carbons (Fsp3) is 0.0500. The molecule has 150 valence electrons. The van der Waals surface area contributed by atoms with Crippen LogP contribution in [0.1, 0.15) is 11.3 Å². The van der Waals surface area contributed by atoms with E-state index in [0.717, 1.165) is 12.1 Å². The molecule has 0 amide bonds. The number of hydrogen-bond donors (Lipinski definition) is 2. The number of nitriles is 1. The van der Waals surface area contributed by atoms with Gasteiger partial charge in [0.25, 0.3) is 0 Å². The highest BCUT2D eigenvalue weighted by Crippen LogP contribution is 2.32. The predicted molar refractivity (Wildman–Crippen MR) is 99.8 cm³/mol. The highest BCUT2D eigenvalue weighted by Gasteiger charge is 2.30. The Hall–Kier alpha value is -4.13. The molecule has 4 aromatic rings. The fourth-order valence-corrected chi connectivity index (χ4v) is 2.72. The van der Waals surface area contributed by atoms with Crippen molar-refractivity contribution in [3.8, 4) is 17.6 Å². The van der Waals surface area contributed by atoms with Gasteiger partial charge in [-0.25, -0.2) is 14.4 Å². The summed E-state index contributed by atoms with van der Waals surface area (Å²) >= 11 is 0. The average Bonchev–Trinajstić information content (AvgIpc) is 3.07. The van der Waals surface area contributed by atoms with E-state index in [1.54, 1.807) is 6.07 Å². The van der Waals surface area contributed by atoms with Crippen molar-refractivity contribution in [2.75, 3.05) is 5.32 Å². The number of rotatable bonds is 4. The van der Waals surface area contributed by atoms with Gasteiger partial charge in [-0.2, -0.15) is 18.4 Å². The van der Waals surface area contributed by atoms with E-state index in [4.69, 9.17) is 4.74 Å². The van der Waals surface area contributed by atoms with E-state index in [9.17, 15) is 22.8 Å². The lowest BCUT2D eigenvalue weighted by Crippen LogP contribution is -2.04. The molecule has 0 fully saturated rings. The molecule has 3 heterocycles. The molecule has 10 heteroatoms. The van der Waals surface area contributed by atoms with Gasteiger partial charge >= 0.3 is 6.18 Å². The third-order valence-electron chi connectivity index (χ3n) is 4.07. The number of H-pyrrole nitrogens is 1. The molecule has 30 heavy (non-hydrogen) atoms. The third kappa shape index (κ3) is 4.00. The number of nitrogens with zero attached hydrogens (tertiary/aromatic N) is 3. The first kappa shape index (κ1) is 19.2. The summed E-state index contributed by atoms with van der Waals surface area (Å²) in [5.41, 5.74) is 0.364. The molecule has 0 unspecified atom stereocenters. The van der Waals surface area contributed by atoms with Crippen molar-refractivity contribution in [1.29, 1.82) is 5.26 Å². The van der Waals surface area contributed by atoms with Crippen LogP contribution in [0.2, 0.25) is 0 Å². The van der Waals surface area contributed by atoms with Crippen LogP contribution in [0.15, 0.2) is 54.9 Å². The highest BCUT2D eigenvalue weighted by atomic mass is 19.4. The Kier molecular flexibility index (Phi) is 4.71. The molecule has 0 spiro atoms. The van der Waals surface area contributed by atoms with Gasteiger partial charge in [-0.15, -0.1) is 0 Å². The van der Waals surface area contributed by atoms with E-state index in [2.05, 4.69) is 20.3 Å². The van der Waals surface area contributed by atoms with Crippen molar-refractivity contribution in [2.45, 2.75) is 6.18 Å². The van der Waals surface area contributed by atoms with E-state index in [1.807, 2.05) is 6.07 Å². The lowest BCUT2D eigenvalue weighted by molar-refractivity contribution is -0.137. The second kappa shape index (κ2) is 7.36. The first-order valence-corrected chi connectivity index (χ1v) is 8.49. The van der Waals surface area contributed by atoms with E-state index in [0.29, 0.717) is 11.2 Å². The number of halogens is 4. The fourth-order valence-electron chi connectivity index (χ4n) is 2.72. The molecule has 3 aromatic heterocycles. The van der Waals surface area contributed by atoms with Gasteiger partial charge in [0.1, 0.15) is 34.6 Å². The molecule has 1 aromatic carbocycles. The summed E-state index contributed by atoms with van der Waals surface area (Å²) < 4.78 is 57.1. The van der Waals surface area contributed by atoms with E-state index >= 15 is 0 Å². The maximum atomic E-state index is 13.5. The zero-order valence-electron chi connectivity index (χ0n) is 15.0. The topological polar surface area (TPSA) is 86.6 Å². The minimum absolute atomic E-state index is 0.0295. The van der Waals surface area contributed by atoms with Crippen LogP contribution in [-0.4, -0.2) is 15.0 Å². The summed E-state index contributed by atoms with van der Waals surface area (Å²) in [5.74, 6) is 0.121. The van der Waals surface area contributed by atoms with Gasteiger partial charge in [0.05, 0.1) is 23.0 Å². The summed E-state index contributed by atoms with van der Waals surface area (Å²) in [7, 11) is 0. The Morgan fingerprint density at radius 2 is 1.83 bits per heavy atom. The van der Waals surface area contributed by atoms with Crippen LogP contribution in [-0.2, 0) is 6.18 Å². The van der Waals surface area contributed by atoms with Crippen molar-refractivity contribution < 1.29 is 22.3 Å². The Morgan fingerprint density at radius 1 is 1.07 bits per heavy atom. The van der Waals surface area contributed by atoms with E-state index < -0.39 is 17.6 Å². The molecule has 4 rings (SSSR count).